The van der Waals surface area contributed by atoms with Gasteiger partial charge in [-0.1, -0.05) is 82.6 Å². The van der Waals surface area contributed by atoms with Gasteiger partial charge >= 0.3 is 35.5 Å². The van der Waals surface area contributed by atoms with Crippen molar-refractivity contribution in [3.05, 3.63) is 60.7 Å². The minimum absolute atomic E-state index is 0. The molecular weight excluding hydrogens is 499 g/mol. The van der Waals surface area contributed by atoms with Gasteiger partial charge in [0.1, 0.15) is 5.75 Å². The van der Waals surface area contributed by atoms with E-state index in [2.05, 4.69) is 17.2 Å². The summed E-state index contributed by atoms with van der Waals surface area (Å²) < 4.78 is 37.1. The molecule has 194 valence electrons. The fourth-order valence-electron chi connectivity index (χ4n) is 3.98. The van der Waals surface area contributed by atoms with E-state index in [0.717, 1.165) is 30.0 Å². The predicted molar refractivity (Wildman–Crippen MR) is 143 cm³/mol. The largest absolute Gasteiger partial charge is 1.00 e. The zero-order valence-corrected chi connectivity index (χ0v) is 24.5. The summed E-state index contributed by atoms with van der Waals surface area (Å²) in [4.78, 5) is 12.2. The third kappa shape index (κ3) is 10.3. The molecule has 0 aliphatic carbocycles. The van der Waals surface area contributed by atoms with Crippen LogP contribution in [0.5, 0.6) is 5.75 Å². The molecule has 0 heterocycles. The molecule has 3 rings (SSSR count). The van der Waals surface area contributed by atoms with Crippen molar-refractivity contribution in [2.75, 3.05) is 0 Å². The summed E-state index contributed by atoms with van der Waals surface area (Å²) in [5.74, 6) is 0.249. The van der Waals surface area contributed by atoms with Crippen molar-refractivity contribution in [1.29, 1.82) is 0 Å². The summed E-state index contributed by atoms with van der Waals surface area (Å²) in [6.07, 6.45) is 11.1. The molecule has 0 saturated carbocycles. The van der Waals surface area contributed by atoms with Crippen LogP contribution in [0.2, 0.25) is 0 Å². The van der Waals surface area contributed by atoms with E-state index in [1.807, 2.05) is 24.3 Å². The van der Waals surface area contributed by atoms with E-state index in [0.29, 0.717) is 23.5 Å². The van der Waals surface area contributed by atoms with Crippen LogP contribution in [0, 0.1) is 0 Å². The minimum Gasteiger partial charge on any atom is -1.00 e. The van der Waals surface area contributed by atoms with Gasteiger partial charge in [0.05, 0.1) is 16.3 Å². The summed E-state index contributed by atoms with van der Waals surface area (Å²) in [5, 5.41) is 10.00. The van der Waals surface area contributed by atoms with E-state index in [4.69, 9.17) is 9.29 Å². The molecule has 0 bridgehead atoms. The molecule has 9 heteroatoms. The summed E-state index contributed by atoms with van der Waals surface area (Å²) in [7, 11) is -4.26. The monoisotopic (exact) mass is 534 g/mol. The Morgan fingerprint density at radius 1 is 0.811 bits per heavy atom. The molecule has 0 aliphatic rings. The number of carbonyl (C=O) groups excluding carboxylic acids is 1. The second kappa shape index (κ2) is 16.0. The van der Waals surface area contributed by atoms with Gasteiger partial charge in [-0.2, -0.15) is 13.5 Å². The number of hydrogen-bond acceptors (Lipinski definition) is 6. The summed E-state index contributed by atoms with van der Waals surface area (Å²) in [6, 6.07) is 16.4. The molecule has 0 amide bonds. The Morgan fingerprint density at radius 3 is 2.03 bits per heavy atom. The topological polar surface area (TPSA) is 105 Å². The Balaban J connectivity index is 0.00000361. The van der Waals surface area contributed by atoms with E-state index in [1.54, 1.807) is 12.1 Å². The first-order chi connectivity index (χ1) is 17.4. The Bertz CT molecular complexity index is 1280. The Labute approximate surface area is 243 Å². The zero-order valence-electron chi connectivity index (χ0n) is 22.7. The molecule has 0 fully saturated rings. The zero-order chi connectivity index (χ0) is 25.8. The number of azo groups is 1. The van der Waals surface area contributed by atoms with Gasteiger partial charge in [0.2, 0.25) is 0 Å². The maximum Gasteiger partial charge on any atom is 1.00 e. The number of ether oxygens (including phenoxy) is 1. The molecule has 0 spiro atoms. The fraction of sp³-hybridized carbons (Fsp3) is 0.393. The molecule has 0 aliphatic heterocycles. The van der Waals surface area contributed by atoms with Gasteiger partial charge < -0.3 is 6.16 Å². The van der Waals surface area contributed by atoms with Gasteiger partial charge in [0.25, 0.3) is 10.1 Å². The number of fused-ring (bicyclic) bond motifs is 1. The summed E-state index contributed by atoms with van der Waals surface area (Å²) in [5.41, 5.74) is 1.02. The first-order valence-electron chi connectivity index (χ1n) is 12.6. The van der Waals surface area contributed by atoms with Crippen LogP contribution < -0.4 is 34.3 Å². The quantitative estimate of drug-likeness (QED) is 0.0740. The molecule has 37 heavy (non-hydrogen) atoms. The Morgan fingerprint density at radius 2 is 1.41 bits per heavy atom. The first-order valence-corrected chi connectivity index (χ1v) is 14.0. The van der Waals surface area contributed by atoms with Gasteiger partial charge in [0, 0.05) is 17.2 Å². The van der Waals surface area contributed by atoms with Crippen LogP contribution in [0.1, 0.15) is 72.6 Å². The SMILES string of the molecule is CCCCCCCCCCCC(=O)Oc1ccc(N=Nc2ccc(S(=O)(=O)O)cc2)c2ccccc12.[H-].[Na+]. The minimum atomic E-state index is -4.26. The second-order valence-corrected chi connectivity index (χ2v) is 10.3. The number of hydrogen-bond donors (Lipinski definition) is 1. The number of benzene rings is 3. The normalized spacial score (nSPS) is 11.5. The number of esters is 1. The van der Waals surface area contributed by atoms with Crippen molar-refractivity contribution in [3.63, 3.8) is 0 Å². The standard InChI is InChI=1S/C28H34N2O5S.Na.H/c1-2-3-4-5-6-7-8-9-10-15-28(31)35-27-21-20-26(24-13-11-12-14-25(24)27)30-29-22-16-18-23(19-17-22)36(32,33)34;;/h11-14,16-21H,2-10,15H2,1H3,(H,32,33,34);;/q;+1;-1. The van der Waals surface area contributed by atoms with Crippen molar-refractivity contribution in [2.45, 2.75) is 76.0 Å². The van der Waals surface area contributed by atoms with Crippen LogP contribution in [-0.4, -0.2) is 18.9 Å². The fourth-order valence-corrected chi connectivity index (χ4v) is 4.46. The third-order valence-electron chi connectivity index (χ3n) is 5.98. The van der Waals surface area contributed by atoms with E-state index in [1.165, 1.54) is 62.8 Å². The van der Waals surface area contributed by atoms with Crippen molar-refractivity contribution >= 4 is 38.2 Å². The number of carbonyl (C=O) groups is 1. The van der Waals surface area contributed by atoms with Crippen LogP contribution in [0.15, 0.2) is 75.8 Å². The molecule has 0 saturated heterocycles. The van der Waals surface area contributed by atoms with Crippen LogP contribution in [0.25, 0.3) is 10.8 Å². The maximum atomic E-state index is 12.4. The van der Waals surface area contributed by atoms with Crippen molar-refractivity contribution in [2.24, 2.45) is 10.2 Å². The van der Waals surface area contributed by atoms with Gasteiger partial charge in [-0.25, -0.2) is 0 Å². The van der Waals surface area contributed by atoms with Crippen LogP contribution >= 0.6 is 0 Å². The van der Waals surface area contributed by atoms with Crippen molar-refractivity contribution < 1.29 is 53.5 Å². The Kier molecular flexibility index (Phi) is 13.5. The molecule has 0 aromatic heterocycles. The summed E-state index contributed by atoms with van der Waals surface area (Å²) >= 11 is 0. The van der Waals surface area contributed by atoms with Gasteiger partial charge in [0.15, 0.2) is 0 Å². The van der Waals surface area contributed by atoms with Gasteiger partial charge in [-0.15, -0.1) is 5.11 Å². The third-order valence-corrected chi connectivity index (χ3v) is 6.84. The average molecular weight is 535 g/mol. The van der Waals surface area contributed by atoms with Gasteiger partial charge in [-0.05, 0) is 42.8 Å². The van der Waals surface area contributed by atoms with E-state index in [-0.39, 0.29) is 41.8 Å². The van der Waals surface area contributed by atoms with Crippen LogP contribution in [0.3, 0.4) is 0 Å². The van der Waals surface area contributed by atoms with E-state index in [9.17, 15) is 13.2 Å². The molecule has 1 N–H and O–H groups in total. The molecular formula is C28H35N2NaO5S. The molecule has 0 unspecified atom stereocenters. The number of nitrogens with zero attached hydrogens (tertiary/aromatic N) is 2. The molecule has 0 radical (unpaired) electrons. The average Bonchev–Trinajstić information content (AvgIpc) is 2.87. The van der Waals surface area contributed by atoms with Gasteiger partial charge in [-0.3, -0.25) is 9.35 Å². The number of unbranched alkanes of at least 4 members (excludes halogenated alkanes) is 8. The molecule has 3 aromatic carbocycles. The van der Waals surface area contributed by atoms with E-state index < -0.39 is 10.1 Å². The van der Waals surface area contributed by atoms with E-state index >= 15 is 0 Å². The Hall–Kier alpha value is -2.10. The molecule has 7 nitrogen and oxygen atoms in total. The smallest absolute Gasteiger partial charge is 1.00 e. The maximum absolute atomic E-state index is 12.4. The van der Waals surface area contributed by atoms with Crippen LogP contribution in [0.4, 0.5) is 11.4 Å². The second-order valence-electron chi connectivity index (χ2n) is 8.85. The molecule has 3 aromatic rings. The first kappa shape index (κ1) is 31.1. The summed E-state index contributed by atoms with van der Waals surface area (Å²) in [6.45, 7) is 2.22. The van der Waals surface area contributed by atoms with Crippen molar-refractivity contribution in [1.82, 2.24) is 0 Å². The number of rotatable bonds is 14. The molecule has 0 atom stereocenters. The van der Waals surface area contributed by atoms with Crippen molar-refractivity contribution in [3.8, 4) is 5.75 Å². The van der Waals surface area contributed by atoms with Crippen LogP contribution in [-0.2, 0) is 14.9 Å². The predicted octanol–water partition coefficient (Wildman–Crippen LogP) is 5.44.